The fraction of sp³-hybridized carbons (Fsp3) is 0.500. The molecule has 0 aromatic heterocycles. The number of carbonyl (C=O) groups is 2. The molecule has 2 rings (SSSR count). The summed E-state index contributed by atoms with van der Waals surface area (Å²) in [7, 11) is 0. The van der Waals surface area contributed by atoms with Crippen molar-refractivity contribution in [1.29, 1.82) is 0 Å². The summed E-state index contributed by atoms with van der Waals surface area (Å²) in [6, 6.07) is 7.53. The first-order valence-corrected chi connectivity index (χ1v) is 7.30. The third kappa shape index (κ3) is 3.90. The zero-order valence-corrected chi connectivity index (χ0v) is 13.2. The van der Waals surface area contributed by atoms with Gasteiger partial charge in [0.2, 0.25) is 0 Å². The summed E-state index contributed by atoms with van der Waals surface area (Å²) in [5.74, 6) is 0.476. The summed E-state index contributed by atoms with van der Waals surface area (Å²) in [6.07, 6.45) is -0.338. The summed E-state index contributed by atoms with van der Waals surface area (Å²) in [6.45, 7) is 6.94. The Balaban J connectivity index is 1.80. The van der Waals surface area contributed by atoms with Gasteiger partial charge in [0.1, 0.15) is 12.4 Å². The van der Waals surface area contributed by atoms with Gasteiger partial charge < -0.3 is 14.8 Å². The molecule has 1 fully saturated rings. The van der Waals surface area contributed by atoms with Crippen molar-refractivity contribution in [2.45, 2.75) is 26.3 Å². The molecular weight excluding hydrogens is 284 g/mol. The number of hydrogen-bond donors (Lipinski definition) is 1. The van der Waals surface area contributed by atoms with Crippen LogP contribution in [0.1, 0.15) is 19.4 Å². The monoisotopic (exact) mass is 306 g/mol. The van der Waals surface area contributed by atoms with Crippen LogP contribution < -0.4 is 10.1 Å². The van der Waals surface area contributed by atoms with E-state index in [1.807, 2.05) is 45.0 Å². The molecule has 6 nitrogen and oxygen atoms in total. The van der Waals surface area contributed by atoms with Crippen LogP contribution >= 0.6 is 0 Å². The number of rotatable bonds is 6. The molecule has 0 spiro atoms. The molecule has 6 heteroatoms. The maximum Gasteiger partial charge on any atom is 0.410 e. The fourth-order valence-electron chi connectivity index (χ4n) is 2.27. The Bertz CT molecular complexity index is 557. The summed E-state index contributed by atoms with van der Waals surface area (Å²) in [5, 5.41) is 2.80. The highest BCUT2D eigenvalue weighted by Crippen LogP contribution is 2.19. The molecule has 1 aliphatic heterocycles. The largest absolute Gasteiger partial charge is 0.484 e. The van der Waals surface area contributed by atoms with E-state index < -0.39 is 5.54 Å². The number of hydrogen-bond acceptors (Lipinski definition) is 4. The van der Waals surface area contributed by atoms with Gasteiger partial charge in [-0.3, -0.25) is 9.69 Å². The SMILES string of the molecule is Cc1ccccc1OCC(=O)NCC(C)(C)N1CCOC1=O. The van der Waals surface area contributed by atoms with Gasteiger partial charge in [0, 0.05) is 6.54 Å². The molecule has 0 aliphatic carbocycles. The van der Waals surface area contributed by atoms with Crippen molar-refractivity contribution in [2.75, 3.05) is 26.3 Å². The van der Waals surface area contributed by atoms with Crippen LogP contribution in [0.5, 0.6) is 5.75 Å². The van der Waals surface area contributed by atoms with Gasteiger partial charge in [-0.1, -0.05) is 18.2 Å². The number of benzene rings is 1. The minimum absolute atomic E-state index is 0.0502. The zero-order chi connectivity index (χ0) is 16.2. The van der Waals surface area contributed by atoms with Gasteiger partial charge in [-0.2, -0.15) is 0 Å². The van der Waals surface area contributed by atoms with Crippen LogP contribution in [-0.4, -0.2) is 48.7 Å². The first-order valence-electron chi connectivity index (χ1n) is 7.30. The van der Waals surface area contributed by atoms with Crippen molar-refractivity contribution in [3.63, 3.8) is 0 Å². The van der Waals surface area contributed by atoms with Crippen molar-refractivity contribution in [3.05, 3.63) is 29.8 Å². The Morgan fingerprint density at radius 3 is 2.77 bits per heavy atom. The summed E-state index contributed by atoms with van der Waals surface area (Å²) < 4.78 is 10.4. The quantitative estimate of drug-likeness (QED) is 0.869. The molecule has 1 heterocycles. The third-order valence-electron chi connectivity index (χ3n) is 3.66. The van der Waals surface area contributed by atoms with Crippen LogP contribution in [0.3, 0.4) is 0 Å². The van der Waals surface area contributed by atoms with Crippen molar-refractivity contribution in [2.24, 2.45) is 0 Å². The molecule has 1 aliphatic rings. The molecule has 1 saturated heterocycles. The molecule has 1 aromatic carbocycles. The van der Waals surface area contributed by atoms with Gasteiger partial charge in [-0.05, 0) is 32.4 Å². The smallest absolute Gasteiger partial charge is 0.410 e. The fourth-order valence-corrected chi connectivity index (χ4v) is 2.27. The standard InChI is InChI=1S/C16H22N2O4/c1-12-6-4-5-7-13(12)22-10-14(19)17-11-16(2,3)18-8-9-21-15(18)20/h4-7H,8-11H2,1-3H3,(H,17,19). The second-order valence-corrected chi connectivity index (χ2v) is 5.91. The Kier molecular flexibility index (Phi) is 4.90. The second kappa shape index (κ2) is 6.68. The van der Waals surface area contributed by atoms with E-state index in [1.165, 1.54) is 0 Å². The molecule has 0 atom stereocenters. The predicted molar refractivity (Wildman–Crippen MR) is 81.8 cm³/mol. The van der Waals surface area contributed by atoms with E-state index in [0.717, 1.165) is 5.56 Å². The second-order valence-electron chi connectivity index (χ2n) is 5.91. The van der Waals surface area contributed by atoms with Crippen LogP contribution in [0, 0.1) is 6.92 Å². The molecular formula is C16H22N2O4. The molecule has 1 aromatic rings. The van der Waals surface area contributed by atoms with Gasteiger partial charge in [0.15, 0.2) is 6.61 Å². The van der Waals surface area contributed by atoms with Gasteiger partial charge >= 0.3 is 6.09 Å². The highest BCUT2D eigenvalue weighted by Gasteiger charge is 2.35. The summed E-state index contributed by atoms with van der Waals surface area (Å²) >= 11 is 0. The van der Waals surface area contributed by atoms with Gasteiger partial charge in [-0.25, -0.2) is 4.79 Å². The van der Waals surface area contributed by atoms with E-state index >= 15 is 0 Å². The van der Waals surface area contributed by atoms with Crippen molar-refractivity contribution in [1.82, 2.24) is 10.2 Å². The maximum absolute atomic E-state index is 11.9. The maximum atomic E-state index is 11.9. The van der Waals surface area contributed by atoms with E-state index in [2.05, 4.69) is 5.32 Å². The van der Waals surface area contributed by atoms with E-state index in [-0.39, 0.29) is 18.6 Å². The van der Waals surface area contributed by atoms with Crippen LogP contribution in [0.25, 0.3) is 0 Å². The molecule has 2 amide bonds. The number of carbonyl (C=O) groups excluding carboxylic acids is 2. The van der Waals surface area contributed by atoms with Gasteiger partial charge in [0.05, 0.1) is 12.1 Å². The first-order chi connectivity index (χ1) is 10.4. The van der Waals surface area contributed by atoms with Crippen LogP contribution in [0.4, 0.5) is 4.79 Å². The van der Waals surface area contributed by atoms with Crippen molar-refractivity contribution in [3.8, 4) is 5.75 Å². The Hall–Kier alpha value is -2.24. The molecule has 0 unspecified atom stereocenters. The normalized spacial score (nSPS) is 14.7. The molecule has 120 valence electrons. The lowest BCUT2D eigenvalue weighted by Crippen LogP contribution is -2.52. The zero-order valence-electron chi connectivity index (χ0n) is 13.2. The number of amides is 2. The van der Waals surface area contributed by atoms with E-state index in [4.69, 9.17) is 9.47 Å². The molecule has 0 bridgehead atoms. The first kappa shape index (κ1) is 16.1. The lowest BCUT2D eigenvalue weighted by Gasteiger charge is -2.33. The van der Waals surface area contributed by atoms with Crippen molar-refractivity contribution >= 4 is 12.0 Å². The predicted octanol–water partition coefficient (Wildman–Crippen LogP) is 1.72. The molecule has 22 heavy (non-hydrogen) atoms. The number of cyclic esters (lactones) is 1. The van der Waals surface area contributed by atoms with Crippen molar-refractivity contribution < 1.29 is 19.1 Å². The number of nitrogens with zero attached hydrogens (tertiary/aromatic N) is 1. The van der Waals surface area contributed by atoms with E-state index in [1.54, 1.807) is 4.90 Å². The van der Waals surface area contributed by atoms with Crippen LogP contribution in [0.2, 0.25) is 0 Å². The minimum Gasteiger partial charge on any atom is -0.484 e. The van der Waals surface area contributed by atoms with E-state index in [0.29, 0.717) is 25.4 Å². The third-order valence-corrected chi connectivity index (χ3v) is 3.66. The number of para-hydroxylation sites is 1. The average Bonchev–Trinajstić information content (AvgIpc) is 2.91. The van der Waals surface area contributed by atoms with E-state index in [9.17, 15) is 9.59 Å². The number of aryl methyl sites for hydroxylation is 1. The minimum atomic E-state index is -0.494. The van der Waals surface area contributed by atoms with Crippen LogP contribution in [-0.2, 0) is 9.53 Å². The molecule has 0 radical (unpaired) electrons. The lowest BCUT2D eigenvalue weighted by atomic mass is 10.0. The summed E-state index contributed by atoms with van der Waals surface area (Å²) in [5.41, 5.74) is 0.488. The highest BCUT2D eigenvalue weighted by atomic mass is 16.6. The number of ether oxygens (including phenoxy) is 2. The van der Waals surface area contributed by atoms with Gasteiger partial charge in [-0.15, -0.1) is 0 Å². The topological polar surface area (TPSA) is 67.9 Å². The summed E-state index contributed by atoms with van der Waals surface area (Å²) in [4.78, 5) is 25.1. The van der Waals surface area contributed by atoms with Crippen LogP contribution in [0.15, 0.2) is 24.3 Å². The van der Waals surface area contributed by atoms with Gasteiger partial charge in [0.25, 0.3) is 5.91 Å². The highest BCUT2D eigenvalue weighted by molar-refractivity contribution is 5.78. The lowest BCUT2D eigenvalue weighted by molar-refractivity contribution is -0.123. The Morgan fingerprint density at radius 2 is 2.14 bits per heavy atom. The number of nitrogens with one attached hydrogen (secondary N) is 1. The molecule has 0 saturated carbocycles. The Morgan fingerprint density at radius 1 is 1.41 bits per heavy atom. The Labute approximate surface area is 130 Å². The molecule has 1 N–H and O–H groups in total. The average molecular weight is 306 g/mol.